The number of hydrogen-bond acceptors (Lipinski definition) is 6. The maximum atomic E-state index is 11.5. The standard InChI is InChI=1S/C10H16N2O2S2/c1-4-5-6-14-9(13)7(2)15-10-12-11-8(3)16-10/h7H,4-6H2,1-3H3. The van der Waals surface area contributed by atoms with Gasteiger partial charge in [0.15, 0.2) is 4.34 Å². The Bertz CT molecular complexity index is 341. The number of carbonyl (C=O) groups excluding carboxylic acids is 1. The van der Waals surface area contributed by atoms with Gasteiger partial charge in [0.05, 0.1) is 6.61 Å². The molecule has 0 spiro atoms. The highest BCUT2D eigenvalue weighted by molar-refractivity contribution is 8.02. The van der Waals surface area contributed by atoms with Crippen molar-refractivity contribution in [3.05, 3.63) is 5.01 Å². The first-order valence-electron chi connectivity index (χ1n) is 5.27. The van der Waals surface area contributed by atoms with Gasteiger partial charge in [0.2, 0.25) is 0 Å². The van der Waals surface area contributed by atoms with Gasteiger partial charge >= 0.3 is 5.97 Å². The molecule has 0 amide bonds. The molecule has 0 fully saturated rings. The lowest BCUT2D eigenvalue weighted by Gasteiger charge is -2.08. The first-order valence-corrected chi connectivity index (χ1v) is 6.96. The van der Waals surface area contributed by atoms with E-state index in [1.165, 1.54) is 23.1 Å². The quantitative estimate of drug-likeness (QED) is 0.447. The summed E-state index contributed by atoms with van der Waals surface area (Å²) in [4.78, 5) is 11.5. The predicted molar refractivity (Wildman–Crippen MR) is 65.8 cm³/mol. The Hall–Kier alpha value is -0.620. The molecule has 1 aromatic heterocycles. The zero-order chi connectivity index (χ0) is 12.0. The molecule has 6 heteroatoms. The number of ether oxygens (including phenoxy) is 1. The predicted octanol–water partition coefficient (Wildman–Crippen LogP) is 2.67. The van der Waals surface area contributed by atoms with Crippen LogP contribution in [0.5, 0.6) is 0 Å². The largest absolute Gasteiger partial charge is 0.465 e. The van der Waals surface area contributed by atoms with Gasteiger partial charge in [-0.2, -0.15) is 0 Å². The van der Waals surface area contributed by atoms with Crippen molar-refractivity contribution in [1.29, 1.82) is 0 Å². The van der Waals surface area contributed by atoms with Crippen molar-refractivity contribution >= 4 is 29.1 Å². The number of thioether (sulfide) groups is 1. The van der Waals surface area contributed by atoms with E-state index in [-0.39, 0.29) is 11.2 Å². The molecule has 1 aromatic rings. The first kappa shape index (κ1) is 13.4. The molecule has 1 heterocycles. The summed E-state index contributed by atoms with van der Waals surface area (Å²) in [6, 6.07) is 0. The number of rotatable bonds is 6. The molecule has 16 heavy (non-hydrogen) atoms. The van der Waals surface area contributed by atoms with E-state index < -0.39 is 0 Å². The van der Waals surface area contributed by atoms with Crippen LogP contribution in [0.2, 0.25) is 0 Å². The van der Waals surface area contributed by atoms with Gasteiger partial charge < -0.3 is 4.74 Å². The minimum absolute atomic E-state index is 0.175. The summed E-state index contributed by atoms with van der Waals surface area (Å²) < 4.78 is 5.94. The van der Waals surface area contributed by atoms with Gasteiger partial charge in [-0.3, -0.25) is 4.79 Å². The summed E-state index contributed by atoms with van der Waals surface area (Å²) in [5.41, 5.74) is 0. The number of nitrogens with zero attached hydrogens (tertiary/aromatic N) is 2. The Morgan fingerprint density at radius 2 is 2.31 bits per heavy atom. The fraction of sp³-hybridized carbons (Fsp3) is 0.700. The maximum Gasteiger partial charge on any atom is 0.319 e. The summed E-state index contributed by atoms with van der Waals surface area (Å²) in [5.74, 6) is -0.175. The first-order chi connectivity index (χ1) is 7.63. The van der Waals surface area contributed by atoms with E-state index in [0.29, 0.717) is 6.61 Å². The lowest BCUT2D eigenvalue weighted by Crippen LogP contribution is -2.17. The SMILES string of the molecule is CCCCOC(=O)C(C)Sc1nnc(C)s1. The maximum absolute atomic E-state index is 11.5. The normalized spacial score (nSPS) is 12.4. The molecule has 4 nitrogen and oxygen atoms in total. The molecule has 1 unspecified atom stereocenters. The molecular formula is C10H16N2O2S2. The smallest absolute Gasteiger partial charge is 0.319 e. The molecule has 0 N–H and O–H groups in total. The van der Waals surface area contributed by atoms with Gasteiger partial charge in [-0.25, -0.2) is 0 Å². The van der Waals surface area contributed by atoms with Crippen molar-refractivity contribution in [2.45, 2.75) is 43.2 Å². The van der Waals surface area contributed by atoms with Crippen LogP contribution in [0.1, 0.15) is 31.7 Å². The second-order valence-electron chi connectivity index (χ2n) is 3.37. The van der Waals surface area contributed by atoms with Crippen molar-refractivity contribution in [3.63, 3.8) is 0 Å². The average molecular weight is 260 g/mol. The van der Waals surface area contributed by atoms with Crippen LogP contribution in [0, 0.1) is 6.92 Å². The molecule has 0 radical (unpaired) electrons. The summed E-state index contributed by atoms with van der Waals surface area (Å²) in [7, 11) is 0. The monoisotopic (exact) mass is 260 g/mol. The topological polar surface area (TPSA) is 52.1 Å². The van der Waals surface area contributed by atoms with Gasteiger partial charge in [-0.1, -0.05) is 36.4 Å². The van der Waals surface area contributed by atoms with Crippen molar-refractivity contribution in [3.8, 4) is 0 Å². The number of unbranched alkanes of at least 4 members (excludes halogenated alkanes) is 1. The van der Waals surface area contributed by atoms with E-state index in [9.17, 15) is 4.79 Å². The molecule has 1 atom stereocenters. The molecule has 0 aliphatic rings. The van der Waals surface area contributed by atoms with Crippen molar-refractivity contribution in [2.75, 3.05) is 6.61 Å². The van der Waals surface area contributed by atoms with Crippen LogP contribution in [0.25, 0.3) is 0 Å². The Balaban J connectivity index is 2.34. The Kier molecular flexibility index (Phi) is 5.76. The second kappa shape index (κ2) is 6.85. The highest BCUT2D eigenvalue weighted by Crippen LogP contribution is 2.26. The molecule has 0 saturated heterocycles. The summed E-state index contributed by atoms with van der Waals surface area (Å²) in [6.45, 7) is 6.30. The fourth-order valence-electron chi connectivity index (χ4n) is 0.960. The summed E-state index contributed by atoms with van der Waals surface area (Å²) in [6.07, 6.45) is 1.95. The van der Waals surface area contributed by atoms with E-state index in [2.05, 4.69) is 17.1 Å². The van der Waals surface area contributed by atoms with Crippen LogP contribution in [-0.2, 0) is 9.53 Å². The number of carbonyl (C=O) groups is 1. The number of aromatic nitrogens is 2. The van der Waals surface area contributed by atoms with Crippen molar-refractivity contribution in [2.24, 2.45) is 0 Å². The van der Waals surface area contributed by atoms with E-state index in [4.69, 9.17) is 4.74 Å². The molecular weight excluding hydrogens is 244 g/mol. The molecule has 0 bridgehead atoms. The summed E-state index contributed by atoms with van der Waals surface area (Å²) in [5, 5.41) is 8.55. The molecule has 0 aromatic carbocycles. The molecule has 0 aliphatic carbocycles. The van der Waals surface area contributed by atoms with E-state index in [1.54, 1.807) is 0 Å². The third kappa shape index (κ3) is 4.49. The van der Waals surface area contributed by atoms with Crippen LogP contribution in [0.4, 0.5) is 0 Å². The van der Waals surface area contributed by atoms with Crippen molar-refractivity contribution in [1.82, 2.24) is 10.2 Å². The minimum atomic E-state index is -0.218. The van der Waals surface area contributed by atoms with Crippen LogP contribution in [-0.4, -0.2) is 28.0 Å². The van der Waals surface area contributed by atoms with Crippen LogP contribution in [0.3, 0.4) is 0 Å². The van der Waals surface area contributed by atoms with Crippen LogP contribution >= 0.6 is 23.1 Å². The van der Waals surface area contributed by atoms with Crippen molar-refractivity contribution < 1.29 is 9.53 Å². The molecule has 1 rings (SSSR count). The highest BCUT2D eigenvalue weighted by atomic mass is 32.2. The number of hydrogen-bond donors (Lipinski definition) is 0. The third-order valence-electron chi connectivity index (χ3n) is 1.86. The Morgan fingerprint density at radius 1 is 1.56 bits per heavy atom. The average Bonchev–Trinajstić information content (AvgIpc) is 2.64. The molecule has 90 valence electrons. The Labute approximate surface area is 104 Å². The van der Waals surface area contributed by atoms with Gasteiger partial charge in [0.25, 0.3) is 0 Å². The third-order valence-corrected chi connectivity index (χ3v) is 3.86. The van der Waals surface area contributed by atoms with E-state index in [0.717, 1.165) is 22.2 Å². The molecule has 0 saturated carbocycles. The van der Waals surface area contributed by atoms with Gasteiger partial charge in [0.1, 0.15) is 10.3 Å². The van der Waals surface area contributed by atoms with Crippen LogP contribution in [0.15, 0.2) is 4.34 Å². The minimum Gasteiger partial charge on any atom is -0.465 e. The molecule has 0 aliphatic heterocycles. The fourth-order valence-corrected chi connectivity index (χ4v) is 2.92. The van der Waals surface area contributed by atoms with E-state index >= 15 is 0 Å². The van der Waals surface area contributed by atoms with Gasteiger partial charge in [-0.15, -0.1) is 10.2 Å². The highest BCUT2D eigenvalue weighted by Gasteiger charge is 2.17. The summed E-state index contributed by atoms with van der Waals surface area (Å²) >= 11 is 2.90. The lowest BCUT2D eigenvalue weighted by molar-refractivity contribution is -0.142. The Morgan fingerprint density at radius 3 is 2.88 bits per heavy atom. The van der Waals surface area contributed by atoms with Gasteiger partial charge in [-0.05, 0) is 20.3 Å². The van der Waals surface area contributed by atoms with Crippen LogP contribution < -0.4 is 0 Å². The number of aryl methyl sites for hydroxylation is 1. The number of esters is 1. The zero-order valence-corrected chi connectivity index (χ0v) is 11.4. The zero-order valence-electron chi connectivity index (χ0n) is 9.73. The van der Waals surface area contributed by atoms with Gasteiger partial charge in [0, 0.05) is 0 Å². The second-order valence-corrected chi connectivity index (χ2v) is 6.14. The lowest BCUT2D eigenvalue weighted by atomic mass is 10.4. The van der Waals surface area contributed by atoms with E-state index in [1.807, 2.05) is 13.8 Å².